The summed E-state index contributed by atoms with van der Waals surface area (Å²) in [4.78, 5) is 4.11. The van der Waals surface area contributed by atoms with Crippen molar-refractivity contribution in [3.8, 4) is 0 Å². The van der Waals surface area contributed by atoms with Gasteiger partial charge < -0.3 is 15.2 Å². The van der Waals surface area contributed by atoms with E-state index < -0.39 is 11.6 Å². The first-order chi connectivity index (χ1) is 12.6. The highest BCUT2D eigenvalue weighted by atomic mass is 19.2. The van der Waals surface area contributed by atoms with Crippen LogP contribution in [0.2, 0.25) is 0 Å². The van der Waals surface area contributed by atoms with Gasteiger partial charge in [0.05, 0.1) is 12.2 Å². The lowest BCUT2D eigenvalue weighted by atomic mass is 9.99. The number of hydrogen-bond acceptors (Lipinski definition) is 3. The van der Waals surface area contributed by atoms with Crippen molar-refractivity contribution in [1.82, 2.24) is 15.8 Å². The van der Waals surface area contributed by atoms with Gasteiger partial charge in [0.15, 0.2) is 23.4 Å². The van der Waals surface area contributed by atoms with Gasteiger partial charge in [0, 0.05) is 25.6 Å². The van der Waals surface area contributed by atoms with Crippen molar-refractivity contribution in [3.63, 3.8) is 0 Å². The monoisotopic (exact) mass is 364 g/mol. The molecule has 142 valence electrons. The summed E-state index contributed by atoms with van der Waals surface area (Å²) in [6, 6.07) is 6.15. The molecule has 0 amide bonds. The summed E-state index contributed by atoms with van der Waals surface area (Å²) in [5.74, 6) is 0.0656. The average Bonchev–Trinajstić information content (AvgIpc) is 3.11. The van der Waals surface area contributed by atoms with Gasteiger partial charge in [-0.15, -0.1) is 0 Å². The van der Waals surface area contributed by atoms with Crippen molar-refractivity contribution in [3.05, 3.63) is 52.9 Å². The summed E-state index contributed by atoms with van der Waals surface area (Å²) in [7, 11) is 1.65. The summed E-state index contributed by atoms with van der Waals surface area (Å²) in [6.07, 6.45) is 2.40. The van der Waals surface area contributed by atoms with Crippen LogP contribution in [0.1, 0.15) is 49.6 Å². The van der Waals surface area contributed by atoms with E-state index in [1.165, 1.54) is 6.07 Å². The molecule has 2 rings (SSSR count). The van der Waals surface area contributed by atoms with E-state index in [0.29, 0.717) is 37.0 Å². The van der Waals surface area contributed by atoms with E-state index in [1.54, 1.807) is 13.1 Å². The van der Waals surface area contributed by atoms with Crippen molar-refractivity contribution >= 4 is 5.96 Å². The Kier molecular flexibility index (Phi) is 7.56. The number of halogens is 2. The molecule has 1 aromatic heterocycles. The van der Waals surface area contributed by atoms with Gasteiger partial charge in [0.25, 0.3) is 0 Å². The first kappa shape index (κ1) is 19.9. The predicted molar refractivity (Wildman–Crippen MR) is 98.1 cm³/mol. The molecule has 1 heterocycles. The fourth-order valence-corrected chi connectivity index (χ4v) is 2.76. The van der Waals surface area contributed by atoms with Crippen LogP contribution in [-0.2, 0) is 13.0 Å². The molecule has 0 radical (unpaired) electrons. The van der Waals surface area contributed by atoms with Crippen LogP contribution in [-0.4, -0.2) is 24.7 Å². The minimum atomic E-state index is -0.830. The normalized spacial score (nSPS) is 11.8. The van der Waals surface area contributed by atoms with E-state index in [-0.39, 0.29) is 0 Å². The first-order valence-electron chi connectivity index (χ1n) is 8.91. The molecule has 0 aliphatic heterocycles. The zero-order valence-electron chi connectivity index (χ0n) is 15.5. The third-order valence-electron chi connectivity index (χ3n) is 4.35. The van der Waals surface area contributed by atoms with Crippen LogP contribution < -0.4 is 10.6 Å². The van der Waals surface area contributed by atoms with Gasteiger partial charge in [-0.05, 0) is 30.9 Å². The topological polar surface area (TPSA) is 62.5 Å². The fraction of sp³-hybridized carbons (Fsp3) is 0.474. The lowest BCUT2D eigenvalue weighted by Crippen LogP contribution is -2.37. The van der Waals surface area contributed by atoms with Crippen molar-refractivity contribution < 1.29 is 13.3 Å². The summed E-state index contributed by atoms with van der Waals surface area (Å²) < 4.78 is 32.2. The summed E-state index contributed by atoms with van der Waals surface area (Å²) >= 11 is 0. The van der Waals surface area contributed by atoms with Crippen LogP contribution in [0.4, 0.5) is 8.78 Å². The Hall–Kier alpha value is -2.44. The quantitative estimate of drug-likeness (QED) is 0.553. The third kappa shape index (κ3) is 5.28. The predicted octanol–water partition coefficient (Wildman–Crippen LogP) is 3.76. The van der Waals surface area contributed by atoms with Crippen LogP contribution in [0, 0.1) is 11.6 Å². The van der Waals surface area contributed by atoms with Gasteiger partial charge in [0.1, 0.15) is 0 Å². The zero-order chi connectivity index (χ0) is 18.9. The Bertz CT molecular complexity index is 726. The minimum absolute atomic E-state index is 0.331. The Morgan fingerprint density at radius 1 is 1.23 bits per heavy atom. The Labute approximate surface area is 152 Å². The number of nitrogens with one attached hydrogen (secondary N) is 2. The molecule has 0 bridgehead atoms. The van der Waals surface area contributed by atoms with E-state index in [2.05, 4.69) is 34.6 Å². The second-order valence-electron chi connectivity index (χ2n) is 6.05. The van der Waals surface area contributed by atoms with E-state index in [9.17, 15) is 8.78 Å². The summed E-state index contributed by atoms with van der Waals surface area (Å²) in [6.45, 7) is 5.14. The van der Waals surface area contributed by atoms with Crippen LogP contribution in [0.25, 0.3) is 0 Å². The molecule has 0 fully saturated rings. The number of nitrogens with zero attached hydrogens (tertiary/aromatic N) is 2. The second kappa shape index (κ2) is 9.89. The maximum Gasteiger partial charge on any atom is 0.191 e. The van der Waals surface area contributed by atoms with Gasteiger partial charge in [-0.3, -0.25) is 4.99 Å². The number of aliphatic imine (C=N–C) groups is 1. The van der Waals surface area contributed by atoms with E-state index >= 15 is 0 Å². The van der Waals surface area contributed by atoms with Crippen LogP contribution >= 0.6 is 0 Å². The average molecular weight is 364 g/mol. The number of guanidine groups is 1. The van der Waals surface area contributed by atoms with Crippen LogP contribution in [0.3, 0.4) is 0 Å². The van der Waals surface area contributed by atoms with E-state index in [0.717, 1.165) is 30.4 Å². The molecule has 0 aliphatic carbocycles. The zero-order valence-corrected chi connectivity index (χ0v) is 15.5. The molecule has 0 aliphatic rings. The number of rotatable bonds is 8. The number of benzene rings is 1. The molecule has 0 saturated carbocycles. The minimum Gasteiger partial charge on any atom is -0.359 e. The Morgan fingerprint density at radius 2 is 2.00 bits per heavy atom. The second-order valence-corrected chi connectivity index (χ2v) is 6.05. The van der Waals surface area contributed by atoms with Gasteiger partial charge >= 0.3 is 0 Å². The molecule has 2 aromatic rings. The third-order valence-corrected chi connectivity index (χ3v) is 4.35. The summed E-state index contributed by atoms with van der Waals surface area (Å²) in [5.41, 5.74) is 1.30. The van der Waals surface area contributed by atoms with Crippen molar-refractivity contribution in [2.45, 2.75) is 45.6 Å². The fourth-order valence-electron chi connectivity index (χ4n) is 2.76. The van der Waals surface area contributed by atoms with Gasteiger partial charge in [0.2, 0.25) is 0 Å². The van der Waals surface area contributed by atoms with Crippen molar-refractivity contribution in [2.24, 2.45) is 4.99 Å². The molecule has 7 heteroatoms. The molecule has 1 aromatic carbocycles. The molecule has 5 nitrogen and oxygen atoms in total. The standard InChI is InChI=1S/C19H26F2N4O/c1-4-13(5-2)17-11-15(26-25-17)12-24-19(22-3)23-10-9-14-7-6-8-16(20)18(14)21/h6-8,11,13H,4-5,9-10,12H2,1-3H3,(H2,22,23,24). The highest BCUT2D eigenvalue weighted by molar-refractivity contribution is 5.79. The first-order valence-corrected chi connectivity index (χ1v) is 8.91. The van der Waals surface area contributed by atoms with Crippen LogP contribution in [0.5, 0.6) is 0 Å². The summed E-state index contributed by atoms with van der Waals surface area (Å²) in [5, 5.41) is 10.3. The molecular formula is C19H26F2N4O. The SMILES string of the molecule is CCC(CC)c1cc(CNC(=NC)NCCc2cccc(F)c2F)on1. The molecule has 0 atom stereocenters. The van der Waals surface area contributed by atoms with E-state index in [4.69, 9.17) is 4.52 Å². The van der Waals surface area contributed by atoms with Gasteiger partial charge in [-0.2, -0.15) is 0 Å². The lowest BCUT2D eigenvalue weighted by molar-refractivity contribution is 0.368. The molecular weight excluding hydrogens is 338 g/mol. The van der Waals surface area contributed by atoms with Crippen molar-refractivity contribution in [2.75, 3.05) is 13.6 Å². The molecule has 2 N–H and O–H groups in total. The van der Waals surface area contributed by atoms with Gasteiger partial charge in [-0.1, -0.05) is 31.1 Å². The highest BCUT2D eigenvalue weighted by Gasteiger charge is 2.13. The Morgan fingerprint density at radius 3 is 2.69 bits per heavy atom. The highest BCUT2D eigenvalue weighted by Crippen LogP contribution is 2.22. The number of hydrogen-bond donors (Lipinski definition) is 2. The van der Waals surface area contributed by atoms with Crippen molar-refractivity contribution in [1.29, 1.82) is 0 Å². The molecule has 0 unspecified atom stereocenters. The maximum atomic E-state index is 13.6. The van der Waals surface area contributed by atoms with Gasteiger partial charge in [-0.25, -0.2) is 8.78 Å². The number of aromatic nitrogens is 1. The maximum absolute atomic E-state index is 13.6. The van der Waals surface area contributed by atoms with E-state index in [1.807, 2.05) is 6.07 Å². The smallest absolute Gasteiger partial charge is 0.191 e. The van der Waals surface area contributed by atoms with Crippen LogP contribution in [0.15, 0.2) is 33.8 Å². The lowest BCUT2D eigenvalue weighted by Gasteiger charge is -2.11. The largest absolute Gasteiger partial charge is 0.359 e. The molecule has 0 spiro atoms. The molecule has 0 saturated heterocycles. The molecule has 26 heavy (non-hydrogen) atoms. The Balaban J connectivity index is 1.82.